The van der Waals surface area contributed by atoms with Crippen LogP contribution in [0.4, 0.5) is 0 Å². The number of hydrogen-bond acceptors (Lipinski definition) is 14. The minimum atomic E-state index is -4.96. The highest BCUT2D eigenvalue weighted by Crippen LogP contribution is 2.45. The summed E-state index contributed by atoms with van der Waals surface area (Å²) in [6.07, 6.45) is 125. The first-order valence-electron chi connectivity index (χ1n) is 47.7. The van der Waals surface area contributed by atoms with E-state index in [4.69, 9.17) is 32.3 Å². The quantitative estimate of drug-likeness (QED) is 0.0146. The van der Waals surface area contributed by atoms with Gasteiger partial charge >= 0.3 is 33.6 Å². The molecule has 0 aromatic rings. The molecule has 0 saturated heterocycles. The van der Waals surface area contributed by atoms with Crippen LogP contribution in [0.25, 0.3) is 0 Å². The molecule has 0 spiro atoms. The van der Waals surface area contributed by atoms with Crippen LogP contribution in [0, 0.1) is 0 Å². The molecule has 18 heteroatoms. The van der Waals surface area contributed by atoms with E-state index in [9.17, 15) is 43.5 Å². The molecule has 0 aliphatic heterocycles. The second kappa shape index (κ2) is 93.5. The fourth-order valence-electron chi connectivity index (χ4n) is 12.6. The van der Waals surface area contributed by atoms with E-state index in [1.807, 2.05) is 0 Å². The van der Waals surface area contributed by atoms with Crippen molar-refractivity contribution in [3.8, 4) is 0 Å². The molecule has 121 heavy (non-hydrogen) atoms. The van der Waals surface area contributed by atoms with Crippen LogP contribution in [0.1, 0.15) is 380 Å². The van der Waals surface area contributed by atoms with Crippen LogP contribution < -0.4 is 0 Å². The van der Waals surface area contributed by atoms with E-state index in [1.165, 1.54) is 135 Å². The Morgan fingerprint density at radius 3 is 0.694 bits per heavy atom. The standard InChI is InChI=1S/C103H172O16P2/c1-4-7-10-13-16-19-22-25-28-31-34-37-40-42-44-45-46-47-48-49-50-51-53-55-57-59-62-65-68-71-74-77-80-83-86-89-101(106)113-92-98(104)93-115-120(109,110)116-94-99(105)95-117-121(111,112)118-97-100(119-103(108)91-88-85-82-79-76-73-70-67-64-61-56-39-36-33-30-27-24-21-18-15-12-9-6-3)96-114-102(107)90-87-84-81-78-75-72-69-66-63-60-58-54-52-43-41-38-35-32-29-26-23-20-17-14-11-8-5-2/h8-9,11-12,16-21,25-30,34-39,42-44,52,58,60-61,64,70,73,98-100,104-105H,4-7,10,13-15,22-24,31-33,40-41,45-51,53-57,59,62-63,65-69,71-72,74-97H2,1-3H3,(H,109,110)(H,111,112)/b11-8-,12-9-,19-16-,20-17-,21-18-,28-25-,29-26-,30-27-,37-34-,38-35-,39-36-,44-42-,52-43-,60-58-,64-61-,73-70-. The number of allylic oxidation sites excluding steroid dienone is 32. The van der Waals surface area contributed by atoms with Crippen molar-refractivity contribution in [3.63, 3.8) is 0 Å². The van der Waals surface area contributed by atoms with Gasteiger partial charge in [0.05, 0.1) is 26.4 Å². The van der Waals surface area contributed by atoms with E-state index in [-0.39, 0.29) is 19.3 Å². The molecule has 0 aliphatic carbocycles. The Morgan fingerprint density at radius 1 is 0.240 bits per heavy atom. The molecule has 5 unspecified atom stereocenters. The van der Waals surface area contributed by atoms with Gasteiger partial charge in [0.15, 0.2) is 6.10 Å². The number of carbonyl (C=O) groups is 3. The third-order valence-electron chi connectivity index (χ3n) is 19.8. The summed E-state index contributed by atoms with van der Waals surface area (Å²) in [5.74, 6) is -1.61. The lowest BCUT2D eigenvalue weighted by molar-refractivity contribution is -0.161. The molecule has 0 bridgehead atoms. The minimum absolute atomic E-state index is 0.0655. The van der Waals surface area contributed by atoms with Crippen LogP contribution in [-0.4, -0.2) is 95.9 Å². The van der Waals surface area contributed by atoms with Crippen LogP contribution in [0.3, 0.4) is 0 Å². The van der Waals surface area contributed by atoms with Crippen molar-refractivity contribution in [1.29, 1.82) is 0 Å². The van der Waals surface area contributed by atoms with Crippen molar-refractivity contribution in [2.45, 2.75) is 399 Å². The number of carbonyl (C=O) groups excluding carboxylic acids is 3. The maximum atomic E-state index is 13.1. The minimum Gasteiger partial charge on any atom is -0.463 e. The zero-order chi connectivity index (χ0) is 87.9. The molecular weight excluding hydrogens is 1560 g/mol. The second-order valence-corrected chi connectivity index (χ2v) is 34.3. The Labute approximate surface area is 737 Å². The first-order valence-corrected chi connectivity index (χ1v) is 50.7. The van der Waals surface area contributed by atoms with Crippen LogP contribution in [0.2, 0.25) is 0 Å². The molecule has 4 N–H and O–H groups in total. The van der Waals surface area contributed by atoms with Crippen molar-refractivity contribution in [2.24, 2.45) is 0 Å². The van der Waals surface area contributed by atoms with Crippen LogP contribution in [0.5, 0.6) is 0 Å². The molecule has 0 aromatic heterocycles. The molecular formula is C103H172O16P2. The zero-order valence-electron chi connectivity index (χ0n) is 76.1. The van der Waals surface area contributed by atoms with Gasteiger partial charge in [-0.15, -0.1) is 0 Å². The monoisotopic (exact) mass is 1730 g/mol. The maximum Gasteiger partial charge on any atom is 0.472 e. The van der Waals surface area contributed by atoms with E-state index >= 15 is 0 Å². The number of aliphatic hydroxyl groups is 2. The van der Waals surface area contributed by atoms with Gasteiger partial charge in [-0.1, -0.05) is 389 Å². The van der Waals surface area contributed by atoms with Gasteiger partial charge in [0, 0.05) is 19.3 Å². The summed E-state index contributed by atoms with van der Waals surface area (Å²) in [7, 11) is -9.83. The first kappa shape index (κ1) is 115. The number of esters is 3. The lowest BCUT2D eigenvalue weighted by Crippen LogP contribution is -2.30. The molecule has 0 radical (unpaired) electrons. The third-order valence-corrected chi connectivity index (χ3v) is 21.7. The number of aliphatic hydroxyl groups excluding tert-OH is 2. The van der Waals surface area contributed by atoms with Crippen molar-refractivity contribution in [1.82, 2.24) is 0 Å². The molecule has 0 aromatic carbocycles. The SMILES string of the molecule is CC/C=C\C/C=C\C/C=C\C/C=C\C/C=C\C/C=C\CCCCCCCCCCC(=O)OCC(COP(=O)(O)OCC(O)COP(=O)(O)OCC(O)COC(=O)CCCCCCCCCCCCCCCCCCCCC/C=C\C/C=C\C/C=C\C/C=C\CCCCC)OC(=O)CCCCCC/C=C\C/C=C\C/C=C\C/C=C\C/C=C\C/C=C\CC. The van der Waals surface area contributed by atoms with Crippen LogP contribution in [-0.2, 0) is 55.8 Å². The molecule has 5 atom stereocenters. The highest BCUT2D eigenvalue weighted by molar-refractivity contribution is 7.47. The number of hydrogen-bond donors (Lipinski definition) is 4. The highest BCUT2D eigenvalue weighted by Gasteiger charge is 2.29. The largest absolute Gasteiger partial charge is 0.472 e. The van der Waals surface area contributed by atoms with Gasteiger partial charge in [-0.2, -0.15) is 0 Å². The van der Waals surface area contributed by atoms with Gasteiger partial charge in [-0.05, 0) is 167 Å². The number of ether oxygens (including phenoxy) is 3. The Morgan fingerprint density at radius 2 is 0.438 bits per heavy atom. The number of unbranched alkanes of at least 4 members (excludes halogenated alkanes) is 34. The Kier molecular flexibility index (Phi) is 89.2. The van der Waals surface area contributed by atoms with E-state index < -0.39 is 91.5 Å². The lowest BCUT2D eigenvalue weighted by Gasteiger charge is -2.21. The summed E-state index contributed by atoms with van der Waals surface area (Å²) in [5.41, 5.74) is 0. The highest BCUT2D eigenvalue weighted by atomic mass is 31.2. The molecule has 0 aliphatic rings. The van der Waals surface area contributed by atoms with Crippen molar-refractivity contribution >= 4 is 33.6 Å². The Bertz CT molecular complexity index is 2980. The van der Waals surface area contributed by atoms with Crippen molar-refractivity contribution in [2.75, 3.05) is 39.6 Å². The topological polar surface area (TPSA) is 231 Å². The summed E-state index contributed by atoms with van der Waals surface area (Å²) < 4.78 is 61.5. The summed E-state index contributed by atoms with van der Waals surface area (Å²) in [5, 5.41) is 20.8. The molecule has 690 valence electrons. The first-order chi connectivity index (χ1) is 59.2. The maximum absolute atomic E-state index is 13.1. The zero-order valence-corrected chi connectivity index (χ0v) is 77.9. The molecule has 0 amide bonds. The molecule has 0 rings (SSSR count). The lowest BCUT2D eigenvalue weighted by atomic mass is 10.0. The number of phosphoric acid groups is 2. The normalized spacial score (nSPS) is 14.6. The fraction of sp³-hybridized carbons (Fsp3) is 0.660. The number of rotatable bonds is 89. The van der Waals surface area contributed by atoms with E-state index in [0.717, 1.165) is 186 Å². The summed E-state index contributed by atoms with van der Waals surface area (Å²) in [6, 6.07) is 0. The predicted octanol–water partition coefficient (Wildman–Crippen LogP) is 29.8. The summed E-state index contributed by atoms with van der Waals surface area (Å²) in [6.45, 7) is 2.42. The summed E-state index contributed by atoms with van der Waals surface area (Å²) >= 11 is 0. The Balaban J connectivity index is 4.60. The van der Waals surface area contributed by atoms with Crippen LogP contribution >= 0.6 is 15.6 Å². The van der Waals surface area contributed by atoms with Crippen molar-refractivity contribution in [3.05, 3.63) is 194 Å². The van der Waals surface area contributed by atoms with E-state index in [1.54, 1.807) is 0 Å². The average Bonchev–Trinajstić information content (AvgIpc) is 0.893. The van der Waals surface area contributed by atoms with Gasteiger partial charge in [0.1, 0.15) is 25.4 Å². The van der Waals surface area contributed by atoms with Crippen LogP contribution in [0.15, 0.2) is 194 Å². The number of phosphoric ester groups is 2. The van der Waals surface area contributed by atoms with E-state index in [2.05, 4.69) is 215 Å². The van der Waals surface area contributed by atoms with Crippen molar-refractivity contribution < 1.29 is 75.8 Å². The molecule has 0 saturated carbocycles. The van der Waals surface area contributed by atoms with Gasteiger partial charge in [-0.3, -0.25) is 32.5 Å². The average molecular weight is 1730 g/mol. The third kappa shape index (κ3) is 94.9. The molecule has 16 nitrogen and oxygen atoms in total. The fourth-order valence-corrected chi connectivity index (χ4v) is 14.2. The molecule has 0 fully saturated rings. The predicted molar refractivity (Wildman–Crippen MR) is 509 cm³/mol. The van der Waals surface area contributed by atoms with E-state index in [0.29, 0.717) is 19.3 Å². The smallest absolute Gasteiger partial charge is 0.463 e. The van der Waals surface area contributed by atoms with Gasteiger partial charge in [0.25, 0.3) is 0 Å². The van der Waals surface area contributed by atoms with Gasteiger partial charge < -0.3 is 34.2 Å². The molecule has 0 heterocycles. The van der Waals surface area contributed by atoms with Gasteiger partial charge in [0.2, 0.25) is 0 Å². The van der Waals surface area contributed by atoms with Gasteiger partial charge in [-0.25, -0.2) is 9.13 Å². The summed E-state index contributed by atoms with van der Waals surface area (Å²) in [4.78, 5) is 59.0. The Hall–Kier alpha value is -5.61. The second-order valence-electron chi connectivity index (χ2n) is 31.4.